The van der Waals surface area contributed by atoms with Gasteiger partial charge >= 0.3 is 0 Å². The van der Waals surface area contributed by atoms with Crippen LogP contribution in [0.4, 0.5) is 0 Å². The van der Waals surface area contributed by atoms with Crippen molar-refractivity contribution in [2.24, 2.45) is 0 Å². The van der Waals surface area contributed by atoms with E-state index in [0.29, 0.717) is 12.9 Å². The topological polar surface area (TPSA) is 43.4 Å². The Kier molecular flexibility index (Phi) is 4.58. The number of halogens is 1. The van der Waals surface area contributed by atoms with Crippen molar-refractivity contribution in [1.29, 1.82) is 0 Å². The Morgan fingerprint density at radius 1 is 1.29 bits per heavy atom. The minimum atomic E-state index is 0.111. The Morgan fingerprint density at radius 3 is 2.36 bits per heavy atom. The van der Waals surface area contributed by atoms with Gasteiger partial charge in [-0.1, -0.05) is 24.3 Å². The molecule has 0 radical (unpaired) electrons. The van der Waals surface area contributed by atoms with Crippen LogP contribution < -0.4 is 0 Å². The minimum Gasteiger partial charge on any atom is -0.463 e. The summed E-state index contributed by atoms with van der Waals surface area (Å²) in [6.07, 6.45) is 0.440. The molecule has 74 valence electrons. The van der Waals surface area contributed by atoms with E-state index < -0.39 is 0 Å². The summed E-state index contributed by atoms with van der Waals surface area (Å²) in [6.45, 7) is 0.699. The molecule has 4 heteroatoms. The van der Waals surface area contributed by atoms with Crippen LogP contribution >= 0.6 is 22.6 Å². The first kappa shape index (κ1) is 11.2. The lowest BCUT2D eigenvalue weighted by molar-refractivity contribution is -0.129. The molecule has 0 saturated carbocycles. The highest BCUT2D eigenvalue weighted by Gasteiger charge is 1.99. The number of hydrogen-bond acceptors (Lipinski definition) is 3. The Morgan fingerprint density at radius 2 is 1.86 bits per heavy atom. The van der Waals surface area contributed by atoms with Gasteiger partial charge < -0.3 is 4.74 Å². The number of benzene rings is 1. The fourth-order valence-electron chi connectivity index (χ4n) is 1.04. The summed E-state index contributed by atoms with van der Waals surface area (Å²) in [5.41, 5.74) is 1.89. The second-order valence-electron chi connectivity index (χ2n) is 2.76. The second kappa shape index (κ2) is 5.74. The number of ether oxygens (including phenoxy) is 1. The highest BCUT2D eigenvalue weighted by atomic mass is 127. The Hall–Kier alpha value is -0.910. The van der Waals surface area contributed by atoms with Gasteiger partial charge in [-0.15, -0.1) is 0 Å². The SMILES string of the molecule is O=COCc1ccc(CC(=O)I)cc1. The van der Waals surface area contributed by atoms with E-state index in [4.69, 9.17) is 0 Å². The maximum Gasteiger partial charge on any atom is 0.293 e. The van der Waals surface area contributed by atoms with Crippen LogP contribution in [-0.2, 0) is 27.4 Å². The number of carbonyl (C=O) groups is 2. The van der Waals surface area contributed by atoms with Crippen LogP contribution in [0.15, 0.2) is 24.3 Å². The molecule has 14 heavy (non-hydrogen) atoms. The lowest BCUT2D eigenvalue weighted by Crippen LogP contribution is -1.94. The summed E-state index contributed by atoms with van der Waals surface area (Å²) in [5, 5.41) is 0. The predicted octanol–water partition coefficient (Wildman–Crippen LogP) is 1.86. The van der Waals surface area contributed by atoms with Crippen molar-refractivity contribution in [3.8, 4) is 0 Å². The molecule has 0 aliphatic heterocycles. The lowest BCUT2D eigenvalue weighted by Gasteiger charge is -2.00. The summed E-state index contributed by atoms with van der Waals surface area (Å²) < 4.78 is 4.70. The smallest absolute Gasteiger partial charge is 0.293 e. The van der Waals surface area contributed by atoms with Gasteiger partial charge in [0.25, 0.3) is 6.47 Å². The first-order valence-electron chi connectivity index (χ1n) is 4.04. The molecule has 0 saturated heterocycles. The maximum absolute atomic E-state index is 10.8. The van der Waals surface area contributed by atoms with E-state index >= 15 is 0 Å². The van der Waals surface area contributed by atoms with Crippen molar-refractivity contribution in [2.75, 3.05) is 0 Å². The molecule has 1 aromatic carbocycles. The predicted molar refractivity (Wildman–Crippen MR) is 60.0 cm³/mol. The number of hydrogen-bond donors (Lipinski definition) is 0. The van der Waals surface area contributed by atoms with Gasteiger partial charge in [-0.05, 0) is 33.7 Å². The van der Waals surface area contributed by atoms with Crippen LogP contribution in [0.5, 0.6) is 0 Å². The van der Waals surface area contributed by atoms with Crippen molar-refractivity contribution in [1.82, 2.24) is 0 Å². The molecule has 3 nitrogen and oxygen atoms in total. The third kappa shape index (κ3) is 3.87. The minimum absolute atomic E-state index is 0.111. The summed E-state index contributed by atoms with van der Waals surface area (Å²) in [4.78, 5) is 20.7. The van der Waals surface area contributed by atoms with E-state index in [1.54, 1.807) is 22.6 Å². The Bertz CT molecular complexity index is 319. The van der Waals surface area contributed by atoms with Crippen LogP contribution in [0, 0.1) is 0 Å². The van der Waals surface area contributed by atoms with Crippen molar-refractivity contribution in [3.05, 3.63) is 35.4 Å². The zero-order valence-electron chi connectivity index (χ0n) is 7.40. The van der Waals surface area contributed by atoms with Gasteiger partial charge in [0.1, 0.15) is 6.61 Å². The summed E-state index contributed by atoms with van der Waals surface area (Å²) in [7, 11) is 0. The van der Waals surface area contributed by atoms with E-state index in [-0.39, 0.29) is 10.4 Å². The average Bonchev–Trinajstić information content (AvgIpc) is 2.16. The quantitative estimate of drug-likeness (QED) is 0.474. The first-order chi connectivity index (χ1) is 6.72. The summed E-state index contributed by atoms with van der Waals surface area (Å²) >= 11 is 1.77. The molecule has 1 aromatic rings. The van der Waals surface area contributed by atoms with E-state index in [0.717, 1.165) is 11.1 Å². The van der Waals surface area contributed by atoms with Gasteiger partial charge in [0.05, 0.1) is 0 Å². The fraction of sp³-hybridized carbons (Fsp3) is 0.200. The molecule has 0 N–H and O–H groups in total. The summed E-state index contributed by atoms with van der Waals surface area (Å²) in [5.74, 6) is 0. The van der Waals surface area contributed by atoms with Gasteiger partial charge in [0.15, 0.2) is 3.79 Å². The monoisotopic (exact) mass is 304 g/mol. The Labute approximate surface area is 95.6 Å². The standard InChI is InChI=1S/C10H9IO3/c11-10(13)5-8-1-3-9(4-2-8)6-14-7-12/h1-4,7H,5-6H2. The zero-order valence-corrected chi connectivity index (χ0v) is 9.56. The molecule has 0 atom stereocenters. The molecule has 0 amide bonds. The van der Waals surface area contributed by atoms with Gasteiger partial charge in [-0.2, -0.15) is 0 Å². The molecule has 1 rings (SSSR count). The van der Waals surface area contributed by atoms with Crippen LogP contribution in [0.1, 0.15) is 11.1 Å². The van der Waals surface area contributed by atoms with Crippen molar-refractivity contribution in [2.45, 2.75) is 13.0 Å². The molecule has 0 bridgehead atoms. The molecule has 0 unspecified atom stereocenters. The lowest BCUT2D eigenvalue weighted by atomic mass is 10.1. The van der Waals surface area contributed by atoms with E-state index in [1.807, 2.05) is 24.3 Å². The molecule has 0 aromatic heterocycles. The van der Waals surface area contributed by atoms with Crippen molar-refractivity contribution >= 4 is 32.9 Å². The normalized spacial score (nSPS) is 9.50. The van der Waals surface area contributed by atoms with Gasteiger partial charge in [0.2, 0.25) is 0 Å². The second-order valence-corrected chi connectivity index (χ2v) is 3.96. The van der Waals surface area contributed by atoms with Crippen LogP contribution in [-0.4, -0.2) is 10.3 Å². The molecule has 0 fully saturated rings. The summed E-state index contributed by atoms with van der Waals surface area (Å²) in [6, 6.07) is 7.41. The highest BCUT2D eigenvalue weighted by molar-refractivity contribution is 14.1. The average molecular weight is 304 g/mol. The van der Waals surface area contributed by atoms with Gasteiger partial charge in [0, 0.05) is 6.42 Å². The zero-order chi connectivity index (χ0) is 10.4. The van der Waals surface area contributed by atoms with Crippen molar-refractivity contribution in [3.63, 3.8) is 0 Å². The largest absolute Gasteiger partial charge is 0.463 e. The number of rotatable bonds is 5. The first-order valence-corrected chi connectivity index (χ1v) is 5.11. The van der Waals surface area contributed by atoms with Gasteiger partial charge in [-0.25, -0.2) is 0 Å². The van der Waals surface area contributed by atoms with Crippen molar-refractivity contribution < 1.29 is 14.3 Å². The maximum atomic E-state index is 10.8. The third-order valence-corrected chi connectivity index (χ3v) is 2.07. The third-order valence-electron chi connectivity index (χ3n) is 1.68. The van der Waals surface area contributed by atoms with E-state index in [1.165, 1.54) is 0 Å². The number of carbonyl (C=O) groups excluding carboxylic acids is 2. The van der Waals surface area contributed by atoms with Gasteiger partial charge in [-0.3, -0.25) is 9.59 Å². The molecule has 0 aliphatic rings. The van der Waals surface area contributed by atoms with E-state index in [2.05, 4.69) is 4.74 Å². The van der Waals surface area contributed by atoms with Crippen LogP contribution in [0.25, 0.3) is 0 Å². The molecular formula is C10H9IO3. The molecule has 0 spiro atoms. The highest BCUT2D eigenvalue weighted by Crippen LogP contribution is 2.07. The van der Waals surface area contributed by atoms with Crippen LogP contribution in [0.2, 0.25) is 0 Å². The molecule has 0 aliphatic carbocycles. The fourth-order valence-corrected chi connectivity index (χ4v) is 1.48. The molecular weight excluding hydrogens is 295 g/mol. The van der Waals surface area contributed by atoms with Crippen LogP contribution in [0.3, 0.4) is 0 Å². The van der Waals surface area contributed by atoms with E-state index in [9.17, 15) is 9.59 Å². The molecule has 0 heterocycles. The Balaban J connectivity index is 2.58.